The van der Waals surface area contributed by atoms with Gasteiger partial charge in [0.15, 0.2) is 0 Å². The molecular formula is C12H22N2O3. The van der Waals surface area contributed by atoms with Gasteiger partial charge in [-0.15, -0.1) is 0 Å². The fraction of sp³-hybridized carbons (Fsp3) is 0.833. The maximum atomic E-state index is 12.0. The van der Waals surface area contributed by atoms with Crippen molar-refractivity contribution in [1.29, 1.82) is 0 Å². The summed E-state index contributed by atoms with van der Waals surface area (Å²) in [5.74, 6) is -0.621. The van der Waals surface area contributed by atoms with E-state index in [0.717, 1.165) is 19.3 Å². The first-order chi connectivity index (χ1) is 7.86. The minimum Gasteiger partial charge on any atom is -0.467 e. The van der Waals surface area contributed by atoms with E-state index in [9.17, 15) is 9.59 Å². The smallest absolute Gasteiger partial charge is 0.330 e. The standard InChI is InChI=1S/C12H22N2O3/c1-12(2,11(16)17-3)14-10(15)8-5-4-6-9(13)7-8/h8-9H,4-7,13H2,1-3H3,(H,14,15). The molecule has 0 heterocycles. The van der Waals surface area contributed by atoms with Crippen LogP contribution in [0.5, 0.6) is 0 Å². The van der Waals surface area contributed by atoms with Crippen LogP contribution in [0, 0.1) is 5.92 Å². The third-order valence-electron chi connectivity index (χ3n) is 3.22. The molecule has 0 aliphatic heterocycles. The summed E-state index contributed by atoms with van der Waals surface area (Å²) in [6, 6.07) is 0.0979. The minimum atomic E-state index is -0.979. The van der Waals surface area contributed by atoms with E-state index in [1.807, 2.05) is 0 Å². The number of carbonyl (C=O) groups excluding carboxylic acids is 2. The topological polar surface area (TPSA) is 81.4 Å². The SMILES string of the molecule is COC(=O)C(C)(C)NC(=O)C1CCCC(N)C1. The van der Waals surface area contributed by atoms with Crippen molar-refractivity contribution in [3.05, 3.63) is 0 Å². The van der Waals surface area contributed by atoms with E-state index >= 15 is 0 Å². The van der Waals surface area contributed by atoms with Gasteiger partial charge in [-0.3, -0.25) is 4.79 Å². The Bertz CT molecular complexity index is 302. The molecule has 1 aliphatic carbocycles. The van der Waals surface area contributed by atoms with Crippen LogP contribution in [0.4, 0.5) is 0 Å². The summed E-state index contributed by atoms with van der Waals surface area (Å²) in [5, 5.41) is 2.73. The maximum absolute atomic E-state index is 12.0. The summed E-state index contributed by atoms with van der Waals surface area (Å²) in [6.07, 6.45) is 3.49. The predicted octanol–water partition coefficient (Wildman–Crippen LogP) is 0.572. The van der Waals surface area contributed by atoms with Crippen LogP contribution >= 0.6 is 0 Å². The second-order valence-corrected chi connectivity index (χ2v) is 5.23. The molecule has 3 N–H and O–H groups in total. The summed E-state index contributed by atoms with van der Waals surface area (Å²) in [5.41, 5.74) is 4.86. The summed E-state index contributed by atoms with van der Waals surface area (Å²) in [6.45, 7) is 3.28. The molecule has 0 bridgehead atoms. The molecule has 1 amide bonds. The molecule has 0 radical (unpaired) electrons. The lowest BCUT2D eigenvalue weighted by Crippen LogP contribution is -2.53. The van der Waals surface area contributed by atoms with E-state index in [1.54, 1.807) is 13.8 Å². The molecule has 0 aromatic carbocycles. The van der Waals surface area contributed by atoms with E-state index < -0.39 is 11.5 Å². The van der Waals surface area contributed by atoms with Gasteiger partial charge in [0.05, 0.1) is 7.11 Å². The van der Waals surface area contributed by atoms with Crippen molar-refractivity contribution in [2.45, 2.75) is 51.1 Å². The normalized spacial score (nSPS) is 25.2. The zero-order valence-electron chi connectivity index (χ0n) is 10.8. The molecular weight excluding hydrogens is 220 g/mol. The molecule has 0 spiro atoms. The Kier molecular flexibility index (Phi) is 4.51. The highest BCUT2D eigenvalue weighted by atomic mass is 16.5. The molecule has 1 rings (SSSR count). The van der Waals surface area contributed by atoms with Gasteiger partial charge in [0.1, 0.15) is 5.54 Å². The van der Waals surface area contributed by atoms with Crippen LogP contribution in [-0.2, 0) is 14.3 Å². The Labute approximate surface area is 102 Å². The Morgan fingerprint density at radius 2 is 2.00 bits per heavy atom. The highest BCUT2D eigenvalue weighted by molar-refractivity contribution is 5.88. The summed E-state index contributed by atoms with van der Waals surface area (Å²) < 4.78 is 4.65. The molecule has 1 saturated carbocycles. The van der Waals surface area contributed by atoms with Gasteiger partial charge in [-0.05, 0) is 33.1 Å². The molecule has 17 heavy (non-hydrogen) atoms. The van der Waals surface area contributed by atoms with E-state index in [4.69, 9.17) is 5.73 Å². The second kappa shape index (κ2) is 5.49. The van der Waals surface area contributed by atoms with Gasteiger partial charge < -0.3 is 15.8 Å². The molecule has 2 atom stereocenters. The number of carbonyl (C=O) groups is 2. The van der Waals surface area contributed by atoms with Crippen molar-refractivity contribution >= 4 is 11.9 Å². The van der Waals surface area contributed by atoms with Crippen molar-refractivity contribution in [2.24, 2.45) is 11.7 Å². The second-order valence-electron chi connectivity index (χ2n) is 5.23. The Morgan fingerprint density at radius 3 is 2.53 bits per heavy atom. The van der Waals surface area contributed by atoms with Gasteiger partial charge in [-0.2, -0.15) is 0 Å². The summed E-state index contributed by atoms with van der Waals surface area (Å²) in [7, 11) is 1.31. The van der Waals surface area contributed by atoms with Crippen molar-refractivity contribution in [1.82, 2.24) is 5.32 Å². The van der Waals surface area contributed by atoms with E-state index in [2.05, 4.69) is 10.1 Å². The van der Waals surface area contributed by atoms with Crippen molar-refractivity contribution in [3.8, 4) is 0 Å². The molecule has 0 aromatic rings. The van der Waals surface area contributed by atoms with Crippen LogP contribution in [0.3, 0.4) is 0 Å². The molecule has 5 nitrogen and oxygen atoms in total. The lowest BCUT2D eigenvalue weighted by molar-refractivity contribution is -0.150. The Hall–Kier alpha value is -1.10. The minimum absolute atomic E-state index is 0.0809. The van der Waals surface area contributed by atoms with Crippen LogP contribution < -0.4 is 11.1 Å². The van der Waals surface area contributed by atoms with Crippen LogP contribution in [-0.4, -0.2) is 30.6 Å². The molecule has 5 heteroatoms. The molecule has 2 unspecified atom stereocenters. The third kappa shape index (κ3) is 3.70. The van der Waals surface area contributed by atoms with Gasteiger partial charge in [0.2, 0.25) is 5.91 Å². The first-order valence-electron chi connectivity index (χ1n) is 6.03. The molecule has 0 saturated heterocycles. The number of nitrogens with one attached hydrogen (secondary N) is 1. The first kappa shape index (κ1) is 14.0. The average Bonchev–Trinajstić information content (AvgIpc) is 2.27. The summed E-state index contributed by atoms with van der Waals surface area (Å²) >= 11 is 0. The number of ether oxygens (including phenoxy) is 1. The van der Waals surface area contributed by atoms with Crippen LogP contribution in [0.1, 0.15) is 39.5 Å². The number of amides is 1. The fourth-order valence-electron chi connectivity index (χ4n) is 2.18. The average molecular weight is 242 g/mol. The zero-order chi connectivity index (χ0) is 13.1. The highest BCUT2D eigenvalue weighted by Gasteiger charge is 2.34. The monoisotopic (exact) mass is 242 g/mol. The molecule has 1 aliphatic rings. The van der Waals surface area contributed by atoms with Gasteiger partial charge in [-0.1, -0.05) is 6.42 Å². The van der Waals surface area contributed by atoms with Crippen molar-refractivity contribution < 1.29 is 14.3 Å². The maximum Gasteiger partial charge on any atom is 0.330 e. The lowest BCUT2D eigenvalue weighted by Gasteiger charge is -2.30. The van der Waals surface area contributed by atoms with Gasteiger partial charge in [-0.25, -0.2) is 4.79 Å². The zero-order valence-corrected chi connectivity index (χ0v) is 10.8. The number of hydrogen-bond acceptors (Lipinski definition) is 4. The molecule has 0 aromatic heterocycles. The molecule has 1 fully saturated rings. The summed E-state index contributed by atoms with van der Waals surface area (Å²) in [4.78, 5) is 23.5. The third-order valence-corrected chi connectivity index (χ3v) is 3.22. The van der Waals surface area contributed by atoms with E-state index in [1.165, 1.54) is 7.11 Å². The predicted molar refractivity (Wildman–Crippen MR) is 64.2 cm³/mol. The van der Waals surface area contributed by atoms with Crippen molar-refractivity contribution in [3.63, 3.8) is 0 Å². The van der Waals surface area contributed by atoms with E-state index in [-0.39, 0.29) is 17.9 Å². The lowest BCUT2D eigenvalue weighted by atomic mass is 9.85. The molecule has 98 valence electrons. The number of rotatable bonds is 3. The van der Waals surface area contributed by atoms with E-state index in [0.29, 0.717) is 6.42 Å². The van der Waals surface area contributed by atoms with Crippen LogP contribution in [0.15, 0.2) is 0 Å². The Morgan fingerprint density at radius 1 is 1.35 bits per heavy atom. The quantitative estimate of drug-likeness (QED) is 0.709. The van der Waals surface area contributed by atoms with Gasteiger partial charge in [0.25, 0.3) is 0 Å². The number of esters is 1. The Balaban J connectivity index is 2.56. The number of hydrogen-bond donors (Lipinski definition) is 2. The van der Waals surface area contributed by atoms with Crippen LogP contribution in [0.25, 0.3) is 0 Å². The number of methoxy groups -OCH3 is 1. The van der Waals surface area contributed by atoms with Gasteiger partial charge in [0, 0.05) is 12.0 Å². The van der Waals surface area contributed by atoms with Crippen LogP contribution in [0.2, 0.25) is 0 Å². The fourth-order valence-corrected chi connectivity index (χ4v) is 2.18. The van der Waals surface area contributed by atoms with Crippen molar-refractivity contribution in [2.75, 3.05) is 7.11 Å². The van der Waals surface area contributed by atoms with Gasteiger partial charge >= 0.3 is 5.97 Å². The largest absolute Gasteiger partial charge is 0.467 e. The first-order valence-corrected chi connectivity index (χ1v) is 6.03. The number of nitrogens with two attached hydrogens (primary N) is 1. The highest BCUT2D eigenvalue weighted by Crippen LogP contribution is 2.24.